The highest BCUT2D eigenvalue weighted by Crippen LogP contribution is 2.17. The molecule has 2 aromatic carbocycles. The summed E-state index contributed by atoms with van der Waals surface area (Å²) < 4.78 is 23.6. The molecule has 0 aliphatic carbocycles. The molecule has 0 bridgehead atoms. The molecule has 0 fully saturated rings. The van der Waals surface area contributed by atoms with Crippen molar-refractivity contribution in [2.45, 2.75) is 6.61 Å². The molecule has 4 nitrogen and oxygen atoms in total. The summed E-state index contributed by atoms with van der Waals surface area (Å²) in [4.78, 5) is 11.3. The highest BCUT2D eigenvalue weighted by Gasteiger charge is 2.07. The Hall–Kier alpha value is -2.87. The molecule has 0 aliphatic rings. The zero-order chi connectivity index (χ0) is 15.2. The molecule has 5 heteroatoms. The highest BCUT2D eigenvalue weighted by atomic mass is 19.1. The quantitative estimate of drug-likeness (QED) is 0.810. The second-order valence-corrected chi connectivity index (χ2v) is 4.22. The fourth-order valence-corrected chi connectivity index (χ4v) is 1.72. The summed E-state index contributed by atoms with van der Waals surface area (Å²) in [5, 5.41) is 8.79. The van der Waals surface area contributed by atoms with E-state index in [2.05, 4.69) is 4.74 Å². The molecule has 2 rings (SSSR count). The summed E-state index contributed by atoms with van der Waals surface area (Å²) in [5.41, 5.74) is 1.07. The van der Waals surface area contributed by atoms with Gasteiger partial charge in [0.05, 0.1) is 24.3 Å². The third-order valence-corrected chi connectivity index (χ3v) is 2.84. The summed E-state index contributed by atoms with van der Waals surface area (Å²) in [6.45, 7) is -0.00107. The average molecular weight is 285 g/mol. The van der Waals surface area contributed by atoms with Gasteiger partial charge in [0.25, 0.3) is 0 Å². The Bertz CT molecular complexity index is 690. The lowest BCUT2D eigenvalue weighted by molar-refractivity contribution is 0.0600. The minimum Gasteiger partial charge on any atom is -0.489 e. The van der Waals surface area contributed by atoms with Crippen LogP contribution in [0, 0.1) is 17.1 Å². The van der Waals surface area contributed by atoms with Crippen molar-refractivity contribution in [3.05, 3.63) is 65.0 Å². The maximum atomic E-state index is 13.6. The van der Waals surface area contributed by atoms with E-state index in [9.17, 15) is 9.18 Å². The van der Waals surface area contributed by atoms with Crippen LogP contribution in [-0.2, 0) is 11.3 Å². The van der Waals surface area contributed by atoms with Gasteiger partial charge in [0.15, 0.2) is 0 Å². The highest BCUT2D eigenvalue weighted by molar-refractivity contribution is 5.89. The van der Waals surface area contributed by atoms with Crippen molar-refractivity contribution in [2.24, 2.45) is 0 Å². The molecule has 0 heterocycles. The monoisotopic (exact) mass is 285 g/mol. The van der Waals surface area contributed by atoms with Crippen molar-refractivity contribution < 1.29 is 18.7 Å². The number of halogens is 1. The van der Waals surface area contributed by atoms with Gasteiger partial charge in [-0.1, -0.05) is 0 Å². The van der Waals surface area contributed by atoms with Gasteiger partial charge in [-0.15, -0.1) is 0 Å². The largest absolute Gasteiger partial charge is 0.489 e. The predicted octanol–water partition coefficient (Wildman–Crippen LogP) is 3.06. The van der Waals surface area contributed by atoms with E-state index in [1.807, 2.05) is 6.07 Å². The first-order valence-electron chi connectivity index (χ1n) is 6.13. The van der Waals surface area contributed by atoms with Crippen LogP contribution in [0.2, 0.25) is 0 Å². The Morgan fingerprint density at radius 1 is 1.24 bits per heavy atom. The topological polar surface area (TPSA) is 59.3 Å². The normalized spacial score (nSPS) is 9.76. The van der Waals surface area contributed by atoms with Crippen LogP contribution in [0.4, 0.5) is 4.39 Å². The van der Waals surface area contributed by atoms with Gasteiger partial charge in [0, 0.05) is 5.56 Å². The van der Waals surface area contributed by atoms with E-state index in [4.69, 9.17) is 10.00 Å². The minimum absolute atomic E-state index is 0.00107. The van der Waals surface area contributed by atoms with Crippen molar-refractivity contribution in [1.82, 2.24) is 0 Å². The van der Waals surface area contributed by atoms with E-state index in [1.54, 1.807) is 24.3 Å². The molecular weight excluding hydrogens is 273 g/mol. The van der Waals surface area contributed by atoms with Crippen LogP contribution < -0.4 is 4.74 Å². The summed E-state index contributed by atoms with van der Waals surface area (Å²) in [5.74, 6) is -0.376. The maximum absolute atomic E-state index is 13.6. The number of hydrogen-bond donors (Lipinski definition) is 0. The number of methoxy groups -OCH3 is 1. The first kappa shape index (κ1) is 14.5. The molecule has 0 aliphatic heterocycles. The van der Waals surface area contributed by atoms with E-state index in [-0.39, 0.29) is 6.61 Å². The van der Waals surface area contributed by atoms with Crippen molar-refractivity contribution in [1.29, 1.82) is 5.26 Å². The lowest BCUT2D eigenvalue weighted by atomic mass is 10.1. The number of hydrogen-bond acceptors (Lipinski definition) is 4. The van der Waals surface area contributed by atoms with Gasteiger partial charge in [-0.3, -0.25) is 0 Å². The predicted molar refractivity (Wildman–Crippen MR) is 73.2 cm³/mol. The number of carbonyl (C=O) groups excluding carboxylic acids is 1. The standard InChI is InChI=1S/C16H12FNO3/c1-20-16(19)12-3-5-14(6-4-12)21-10-13-8-11(9-18)2-7-15(13)17/h2-8H,10H2,1H3. The molecule has 0 radical (unpaired) electrons. The van der Waals surface area contributed by atoms with Crippen LogP contribution in [0.5, 0.6) is 5.75 Å². The number of rotatable bonds is 4. The van der Waals surface area contributed by atoms with Gasteiger partial charge >= 0.3 is 5.97 Å². The number of esters is 1. The van der Waals surface area contributed by atoms with Gasteiger partial charge in [-0.25, -0.2) is 9.18 Å². The third kappa shape index (κ3) is 3.57. The molecule has 0 amide bonds. The Morgan fingerprint density at radius 2 is 1.95 bits per heavy atom. The summed E-state index contributed by atoms with van der Waals surface area (Å²) in [7, 11) is 1.30. The Labute approximate surface area is 121 Å². The van der Waals surface area contributed by atoms with E-state index < -0.39 is 11.8 Å². The van der Waals surface area contributed by atoms with Crippen LogP contribution in [0.1, 0.15) is 21.5 Å². The van der Waals surface area contributed by atoms with E-state index >= 15 is 0 Å². The Morgan fingerprint density at radius 3 is 2.57 bits per heavy atom. The molecule has 0 unspecified atom stereocenters. The van der Waals surface area contributed by atoms with Gasteiger partial charge in [0.1, 0.15) is 18.2 Å². The zero-order valence-corrected chi connectivity index (χ0v) is 11.3. The van der Waals surface area contributed by atoms with Crippen LogP contribution in [0.3, 0.4) is 0 Å². The molecule has 0 saturated heterocycles. The van der Waals surface area contributed by atoms with Gasteiger partial charge < -0.3 is 9.47 Å². The number of nitriles is 1. The Kier molecular flexibility index (Phi) is 4.52. The molecule has 21 heavy (non-hydrogen) atoms. The van der Waals surface area contributed by atoms with E-state index in [0.717, 1.165) is 0 Å². The minimum atomic E-state index is -0.436. The molecular formula is C16H12FNO3. The first-order chi connectivity index (χ1) is 10.1. The molecule has 0 N–H and O–H groups in total. The number of benzene rings is 2. The van der Waals surface area contributed by atoms with Gasteiger partial charge in [-0.2, -0.15) is 5.26 Å². The van der Waals surface area contributed by atoms with Crippen LogP contribution in [0.15, 0.2) is 42.5 Å². The van der Waals surface area contributed by atoms with Crippen molar-refractivity contribution in [3.63, 3.8) is 0 Å². The van der Waals surface area contributed by atoms with E-state index in [0.29, 0.717) is 22.4 Å². The maximum Gasteiger partial charge on any atom is 0.337 e. The second-order valence-electron chi connectivity index (χ2n) is 4.22. The fraction of sp³-hybridized carbons (Fsp3) is 0.125. The van der Waals surface area contributed by atoms with Crippen molar-refractivity contribution in [2.75, 3.05) is 7.11 Å². The zero-order valence-electron chi connectivity index (χ0n) is 11.3. The number of ether oxygens (including phenoxy) is 2. The molecule has 0 atom stereocenters. The van der Waals surface area contributed by atoms with Gasteiger partial charge in [-0.05, 0) is 42.5 Å². The van der Waals surface area contributed by atoms with Crippen molar-refractivity contribution >= 4 is 5.97 Å². The van der Waals surface area contributed by atoms with Crippen molar-refractivity contribution in [3.8, 4) is 11.8 Å². The number of nitrogens with zero attached hydrogens (tertiary/aromatic N) is 1. The van der Waals surface area contributed by atoms with Crippen LogP contribution >= 0.6 is 0 Å². The molecule has 0 aromatic heterocycles. The summed E-state index contributed by atoms with van der Waals surface area (Å²) >= 11 is 0. The summed E-state index contributed by atoms with van der Waals surface area (Å²) in [6, 6.07) is 12.3. The third-order valence-electron chi connectivity index (χ3n) is 2.84. The Balaban J connectivity index is 2.06. The van der Waals surface area contributed by atoms with E-state index in [1.165, 1.54) is 25.3 Å². The summed E-state index contributed by atoms with van der Waals surface area (Å²) in [6.07, 6.45) is 0. The van der Waals surface area contributed by atoms with Crippen LogP contribution in [0.25, 0.3) is 0 Å². The molecule has 106 valence electrons. The molecule has 0 saturated carbocycles. The van der Waals surface area contributed by atoms with Crippen LogP contribution in [-0.4, -0.2) is 13.1 Å². The number of carbonyl (C=O) groups is 1. The lowest BCUT2D eigenvalue weighted by Gasteiger charge is -2.08. The lowest BCUT2D eigenvalue weighted by Crippen LogP contribution is -2.02. The SMILES string of the molecule is COC(=O)c1ccc(OCc2cc(C#N)ccc2F)cc1. The second kappa shape index (κ2) is 6.53. The van der Waals surface area contributed by atoms with Gasteiger partial charge in [0.2, 0.25) is 0 Å². The smallest absolute Gasteiger partial charge is 0.337 e. The fourth-order valence-electron chi connectivity index (χ4n) is 1.72. The molecule has 2 aromatic rings. The first-order valence-corrected chi connectivity index (χ1v) is 6.13. The average Bonchev–Trinajstić information content (AvgIpc) is 2.54. The molecule has 0 spiro atoms.